The molecular formula is C17H19Cl2N3O3S. The fourth-order valence-electron chi connectivity index (χ4n) is 2.82. The number of hydrogen-bond acceptors (Lipinski definition) is 4. The first-order chi connectivity index (χ1) is 11.7. The molecule has 0 atom stereocenters. The van der Waals surface area contributed by atoms with Gasteiger partial charge in [-0.15, -0.1) is 12.4 Å². The van der Waals surface area contributed by atoms with Gasteiger partial charge in [0.1, 0.15) is 4.90 Å². The van der Waals surface area contributed by atoms with Gasteiger partial charge in [-0.25, -0.2) is 8.42 Å². The lowest BCUT2D eigenvalue weighted by Crippen LogP contribution is -2.35. The number of fused-ring (bicyclic) bond motifs is 2. The van der Waals surface area contributed by atoms with E-state index in [0.717, 1.165) is 0 Å². The van der Waals surface area contributed by atoms with E-state index in [-0.39, 0.29) is 29.8 Å². The van der Waals surface area contributed by atoms with Gasteiger partial charge in [-0.1, -0.05) is 23.7 Å². The topological polar surface area (TPSA) is 60.9 Å². The van der Waals surface area contributed by atoms with Gasteiger partial charge in [-0.2, -0.15) is 0 Å². The summed E-state index contributed by atoms with van der Waals surface area (Å²) in [4.78, 5) is 16.1. The Hall–Kier alpha value is -1.80. The number of sulfonamides is 1. The third kappa shape index (κ3) is 3.40. The van der Waals surface area contributed by atoms with E-state index in [2.05, 4.69) is 0 Å². The fraction of sp³-hybridized carbons (Fsp3) is 0.235. The van der Waals surface area contributed by atoms with Gasteiger partial charge in [0, 0.05) is 12.1 Å². The Morgan fingerprint density at radius 2 is 1.69 bits per heavy atom. The summed E-state index contributed by atoms with van der Waals surface area (Å²) < 4.78 is 27.3. The van der Waals surface area contributed by atoms with Crippen LogP contribution in [0, 0.1) is 0 Å². The molecule has 3 rings (SSSR count). The summed E-state index contributed by atoms with van der Waals surface area (Å²) in [5.74, 6) is -0.230. The number of benzene rings is 2. The van der Waals surface area contributed by atoms with Crippen LogP contribution in [0.2, 0.25) is 5.02 Å². The molecule has 6 nitrogen and oxygen atoms in total. The summed E-state index contributed by atoms with van der Waals surface area (Å²) in [5.41, 5.74) is 1.25. The lowest BCUT2D eigenvalue weighted by molar-refractivity contribution is -0.118. The number of hydrogen-bond donors (Lipinski definition) is 0. The number of para-hydroxylation sites is 2. The maximum atomic E-state index is 13.0. The minimum atomic E-state index is -3.85. The molecule has 0 saturated heterocycles. The van der Waals surface area contributed by atoms with Crippen LogP contribution in [0.25, 0.3) is 0 Å². The highest BCUT2D eigenvalue weighted by molar-refractivity contribution is 7.93. The number of carbonyl (C=O) groups is 1. The summed E-state index contributed by atoms with van der Waals surface area (Å²) in [7, 11) is 1.19. The van der Waals surface area contributed by atoms with Crippen LogP contribution in [-0.2, 0) is 14.8 Å². The quantitative estimate of drug-likeness (QED) is 0.755. The second kappa shape index (κ2) is 7.44. The van der Waals surface area contributed by atoms with Crippen LogP contribution in [0.1, 0.15) is 0 Å². The second-order valence-corrected chi connectivity index (χ2v) is 8.41. The van der Waals surface area contributed by atoms with Gasteiger partial charge in [-0.3, -0.25) is 14.0 Å². The van der Waals surface area contributed by atoms with Gasteiger partial charge in [0.05, 0.1) is 23.6 Å². The summed E-state index contributed by atoms with van der Waals surface area (Å²) in [6.07, 6.45) is 0. The van der Waals surface area contributed by atoms with Gasteiger partial charge in [0.2, 0.25) is 5.91 Å². The molecule has 0 saturated carbocycles. The maximum Gasteiger partial charge on any atom is 0.266 e. The van der Waals surface area contributed by atoms with Gasteiger partial charge in [0.15, 0.2) is 0 Å². The Balaban J connectivity index is 0.00000243. The van der Waals surface area contributed by atoms with E-state index >= 15 is 0 Å². The van der Waals surface area contributed by atoms with Crippen molar-refractivity contribution in [2.75, 3.05) is 36.9 Å². The molecule has 2 aromatic carbocycles. The molecular weight excluding hydrogens is 397 g/mol. The van der Waals surface area contributed by atoms with Crippen molar-refractivity contribution in [3.8, 4) is 0 Å². The largest absolute Gasteiger partial charge is 0.301 e. The van der Waals surface area contributed by atoms with Crippen LogP contribution in [0.4, 0.5) is 17.1 Å². The van der Waals surface area contributed by atoms with Crippen LogP contribution >= 0.6 is 24.0 Å². The monoisotopic (exact) mass is 415 g/mol. The normalized spacial score (nSPS) is 15.0. The van der Waals surface area contributed by atoms with Crippen LogP contribution in [0.15, 0.2) is 47.4 Å². The summed E-state index contributed by atoms with van der Waals surface area (Å²) in [5, 5.41) is 0.293. The Morgan fingerprint density at radius 3 is 2.31 bits per heavy atom. The van der Waals surface area contributed by atoms with Crippen LogP contribution in [0.3, 0.4) is 0 Å². The van der Waals surface area contributed by atoms with Crippen molar-refractivity contribution in [2.24, 2.45) is 0 Å². The summed E-state index contributed by atoms with van der Waals surface area (Å²) in [6, 6.07) is 11.5. The zero-order chi connectivity index (χ0) is 18.4. The SMILES string of the molecule is CN(C)CC(=O)N1c2ccccc2N(C)S(=O)(=O)c2cc(Cl)ccc21.Cl. The molecule has 0 aromatic heterocycles. The third-order valence-electron chi connectivity index (χ3n) is 3.96. The fourth-order valence-corrected chi connectivity index (χ4v) is 4.46. The number of carbonyl (C=O) groups excluding carboxylic acids is 1. The number of amides is 1. The van der Waals surface area contributed by atoms with E-state index in [1.54, 1.807) is 55.4 Å². The molecule has 0 spiro atoms. The maximum absolute atomic E-state index is 13.0. The van der Waals surface area contributed by atoms with Crippen molar-refractivity contribution >= 4 is 57.0 Å². The molecule has 26 heavy (non-hydrogen) atoms. The van der Waals surface area contributed by atoms with Crippen molar-refractivity contribution in [1.82, 2.24) is 4.90 Å². The Kier molecular flexibility index (Phi) is 5.87. The number of halogens is 2. The lowest BCUT2D eigenvalue weighted by atomic mass is 10.2. The standard InChI is InChI=1S/C17H18ClN3O3S.ClH/c1-19(2)11-17(22)21-14-7-5-4-6-13(14)20(3)25(23,24)16-10-12(18)8-9-15(16)21;/h4-10H,11H2,1-3H3;1H. The number of likely N-dealkylation sites (N-methyl/N-ethyl adjacent to an activating group) is 1. The van der Waals surface area contributed by atoms with E-state index < -0.39 is 10.0 Å². The van der Waals surface area contributed by atoms with Crippen molar-refractivity contribution in [1.29, 1.82) is 0 Å². The highest BCUT2D eigenvalue weighted by Gasteiger charge is 2.36. The van der Waals surface area contributed by atoms with Crippen LogP contribution in [0.5, 0.6) is 0 Å². The van der Waals surface area contributed by atoms with Gasteiger partial charge < -0.3 is 4.90 Å². The molecule has 2 aromatic rings. The molecule has 1 aliphatic rings. The second-order valence-electron chi connectivity index (χ2n) is 6.04. The first-order valence-electron chi connectivity index (χ1n) is 7.58. The van der Waals surface area contributed by atoms with Crippen molar-refractivity contribution in [3.63, 3.8) is 0 Å². The molecule has 0 N–H and O–H groups in total. The number of anilines is 3. The predicted octanol–water partition coefficient (Wildman–Crippen LogP) is 3.13. The van der Waals surface area contributed by atoms with Crippen LogP contribution < -0.4 is 9.21 Å². The van der Waals surface area contributed by atoms with Crippen molar-refractivity contribution in [2.45, 2.75) is 4.90 Å². The molecule has 0 unspecified atom stereocenters. The molecule has 1 heterocycles. The minimum Gasteiger partial charge on any atom is -0.301 e. The molecule has 0 bridgehead atoms. The molecule has 140 valence electrons. The molecule has 9 heteroatoms. The Morgan fingerprint density at radius 1 is 1.08 bits per heavy atom. The van der Waals surface area contributed by atoms with Crippen molar-refractivity contribution in [3.05, 3.63) is 47.5 Å². The number of nitrogens with zero attached hydrogens (tertiary/aromatic N) is 3. The minimum absolute atomic E-state index is 0. The smallest absolute Gasteiger partial charge is 0.266 e. The van der Waals surface area contributed by atoms with E-state index in [1.165, 1.54) is 22.3 Å². The molecule has 1 amide bonds. The van der Waals surface area contributed by atoms with Crippen LogP contribution in [-0.4, -0.2) is 46.9 Å². The third-order valence-corrected chi connectivity index (χ3v) is 6.00. The first kappa shape index (κ1) is 20.5. The van der Waals surface area contributed by atoms with Gasteiger partial charge in [0.25, 0.3) is 10.0 Å². The zero-order valence-electron chi connectivity index (χ0n) is 14.5. The van der Waals surface area contributed by atoms with E-state index in [4.69, 9.17) is 11.6 Å². The first-order valence-corrected chi connectivity index (χ1v) is 9.40. The molecule has 0 radical (unpaired) electrons. The average molecular weight is 416 g/mol. The zero-order valence-corrected chi connectivity index (χ0v) is 16.9. The average Bonchev–Trinajstić information content (AvgIpc) is 2.61. The number of rotatable bonds is 2. The molecule has 0 aliphatic carbocycles. The van der Waals surface area contributed by atoms with Crippen molar-refractivity contribution < 1.29 is 13.2 Å². The molecule has 0 fully saturated rings. The highest BCUT2D eigenvalue weighted by Crippen LogP contribution is 2.44. The van der Waals surface area contributed by atoms with E-state index in [9.17, 15) is 13.2 Å². The summed E-state index contributed by atoms with van der Waals surface area (Å²) in [6.45, 7) is 0.139. The predicted molar refractivity (Wildman–Crippen MR) is 106 cm³/mol. The Bertz CT molecular complexity index is 948. The van der Waals surface area contributed by atoms with E-state index in [0.29, 0.717) is 22.1 Å². The lowest BCUT2D eigenvalue weighted by Gasteiger charge is -2.25. The summed E-state index contributed by atoms with van der Waals surface area (Å²) >= 11 is 6.03. The van der Waals surface area contributed by atoms with Gasteiger partial charge in [-0.05, 0) is 44.4 Å². The Labute approximate surface area is 164 Å². The molecule has 1 aliphatic heterocycles. The highest BCUT2D eigenvalue weighted by atomic mass is 35.5. The van der Waals surface area contributed by atoms with E-state index in [1.807, 2.05) is 0 Å². The van der Waals surface area contributed by atoms with Gasteiger partial charge >= 0.3 is 0 Å².